The summed E-state index contributed by atoms with van der Waals surface area (Å²) in [6.07, 6.45) is 1.42. The molecule has 1 saturated heterocycles. The Labute approximate surface area is 118 Å². The van der Waals surface area contributed by atoms with Crippen LogP contribution in [-0.2, 0) is 9.47 Å². The molecule has 0 aromatic heterocycles. The molecule has 0 spiro atoms. The normalized spacial score (nSPS) is 22.2. The maximum absolute atomic E-state index is 6.06. The fourth-order valence-corrected chi connectivity index (χ4v) is 3.00. The zero-order valence-corrected chi connectivity index (χ0v) is 12.6. The lowest BCUT2D eigenvalue weighted by Crippen LogP contribution is -2.18. The average molecular weight is 397 g/mol. The van der Waals surface area contributed by atoms with Crippen LogP contribution in [0.3, 0.4) is 0 Å². The third kappa shape index (κ3) is 3.18. The Morgan fingerprint density at radius 1 is 1.50 bits per heavy atom. The maximum Gasteiger partial charge on any atom is 0.0930 e. The van der Waals surface area contributed by atoms with Crippen molar-refractivity contribution in [3.63, 3.8) is 0 Å². The molecule has 1 aliphatic rings. The molecule has 1 aromatic rings. The van der Waals surface area contributed by atoms with Gasteiger partial charge < -0.3 is 9.47 Å². The largest absolute Gasteiger partial charge is 0.379 e. The summed E-state index contributed by atoms with van der Waals surface area (Å²) in [7, 11) is 0. The van der Waals surface area contributed by atoms with Crippen LogP contribution in [0.5, 0.6) is 0 Å². The summed E-state index contributed by atoms with van der Waals surface area (Å²) in [4.78, 5) is 0. The summed E-state index contributed by atoms with van der Waals surface area (Å²) in [6, 6.07) is 8.25. The number of hydrogen-bond acceptors (Lipinski definition) is 2. The summed E-state index contributed by atoms with van der Waals surface area (Å²) in [5.74, 6) is 0. The van der Waals surface area contributed by atoms with Gasteiger partial charge in [0, 0.05) is 15.5 Å². The highest BCUT2D eigenvalue weighted by atomic mass is 127. The Kier molecular flexibility index (Phi) is 5.06. The van der Waals surface area contributed by atoms with Crippen molar-refractivity contribution in [2.45, 2.75) is 18.6 Å². The fraction of sp³-hybridized carbons (Fsp3) is 0.500. The van der Waals surface area contributed by atoms with E-state index in [-0.39, 0.29) is 12.2 Å². The minimum absolute atomic E-state index is 0.155. The standard InChI is InChI=1S/C12H14BrIO2/c13-11-4-2-1-3-10(11)12(7-14)16-9-5-6-15-8-9/h1-4,9,12H,5-8H2. The molecule has 4 heteroatoms. The minimum atomic E-state index is 0.155. The Bertz CT molecular complexity index is 340. The fourth-order valence-electron chi connectivity index (χ4n) is 1.78. The first kappa shape index (κ1) is 12.8. The molecule has 0 radical (unpaired) electrons. The molecule has 1 aromatic carbocycles. The van der Waals surface area contributed by atoms with Gasteiger partial charge in [0.15, 0.2) is 0 Å². The molecule has 1 fully saturated rings. The van der Waals surface area contributed by atoms with E-state index >= 15 is 0 Å². The molecule has 0 aliphatic carbocycles. The van der Waals surface area contributed by atoms with Crippen molar-refractivity contribution in [2.75, 3.05) is 17.6 Å². The van der Waals surface area contributed by atoms with Gasteiger partial charge >= 0.3 is 0 Å². The summed E-state index contributed by atoms with van der Waals surface area (Å²) in [6.45, 7) is 1.56. The van der Waals surface area contributed by atoms with Crippen LogP contribution in [0, 0.1) is 0 Å². The number of ether oxygens (including phenoxy) is 2. The van der Waals surface area contributed by atoms with Crippen molar-refractivity contribution in [3.05, 3.63) is 34.3 Å². The molecule has 1 heterocycles. The number of halogens is 2. The SMILES string of the molecule is Brc1ccccc1C(CI)OC1CCOC1. The molecule has 2 rings (SSSR count). The van der Waals surface area contributed by atoms with Crippen molar-refractivity contribution < 1.29 is 9.47 Å². The molecule has 2 unspecified atom stereocenters. The lowest BCUT2D eigenvalue weighted by Gasteiger charge is -2.20. The van der Waals surface area contributed by atoms with Gasteiger partial charge in [0.1, 0.15) is 0 Å². The summed E-state index contributed by atoms with van der Waals surface area (Å²) in [5, 5.41) is 0. The highest BCUT2D eigenvalue weighted by Gasteiger charge is 2.22. The zero-order valence-electron chi connectivity index (χ0n) is 8.86. The lowest BCUT2D eigenvalue weighted by molar-refractivity contribution is -0.00415. The summed E-state index contributed by atoms with van der Waals surface area (Å²) < 4.78 is 13.5. The predicted molar refractivity (Wildman–Crippen MR) is 76.1 cm³/mol. The van der Waals surface area contributed by atoms with Crippen LogP contribution in [-0.4, -0.2) is 23.7 Å². The monoisotopic (exact) mass is 396 g/mol. The summed E-state index contributed by atoms with van der Waals surface area (Å²) in [5.41, 5.74) is 1.23. The zero-order chi connectivity index (χ0) is 11.4. The van der Waals surface area contributed by atoms with Gasteiger partial charge in [0.2, 0.25) is 0 Å². The molecule has 1 aliphatic heterocycles. The third-order valence-electron chi connectivity index (χ3n) is 2.64. The molecule has 2 nitrogen and oxygen atoms in total. The van der Waals surface area contributed by atoms with Gasteiger partial charge in [-0.3, -0.25) is 0 Å². The molecule has 2 atom stereocenters. The summed E-state index contributed by atoms with van der Waals surface area (Å²) >= 11 is 5.94. The number of rotatable bonds is 4. The van der Waals surface area contributed by atoms with Gasteiger partial charge in [-0.15, -0.1) is 0 Å². The number of alkyl halides is 1. The van der Waals surface area contributed by atoms with E-state index in [1.807, 2.05) is 12.1 Å². The van der Waals surface area contributed by atoms with Gasteiger partial charge in [-0.2, -0.15) is 0 Å². The van der Waals surface area contributed by atoms with Crippen molar-refractivity contribution in [1.29, 1.82) is 0 Å². The van der Waals surface area contributed by atoms with Crippen molar-refractivity contribution in [1.82, 2.24) is 0 Å². The van der Waals surface area contributed by atoms with E-state index in [0.717, 1.165) is 28.5 Å². The second-order valence-electron chi connectivity index (χ2n) is 3.79. The Morgan fingerprint density at radius 2 is 2.31 bits per heavy atom. The third-order valence-corrected chi connectivity index (χ3v) is 4.16. The molecule has 0 bridgehead atoms. The van der Waals surface area contributed by atoms with E-state index in [1.165, 1.54) is 5.56 Å². The smallest absolute Gasteiger partial charge is 0.0930 e. The molecule has 88 valence electrons. The van der Waals surface area contributed by atoms with Crippen LogP contribution in [0.15, 0.2) is 28.7 Å². The topological polar surface area (TPSA) is 18.5 Å². The Morgan fingerprint density at radius 3 is 2.94 bits per heavy atom. The van der Waals surface area contributed by atoms with E-state index in [2.05, 4.69) is 50.7 Å². The molecule has 0 amide bonds. The van der Waals surface area contributed by atoms with Crippen LogP contribution in [0.1, 0.15) is 18.1 Å². The van der Waals surface area contributed by atoms with Gasteiger partial charge in [0.25, 0.3) is 0 Å². The van der Waals surface area contributed by atoms with E-state index in [9.17, 15) is 0 Å². The molecule has 0 N–H and O–H groups in total. The van der Waals surface area contributed by atoms with Crippen LogP contribution < -0.4 is 0 Å². The van der Waals surface area contributed by atoms with Crippen LogP contribution in [0.2, 0.25) is 0 Å². The van der Waals surface area contributed by atoms with Crippen molar-refractivity contribution >= 4 is 38.5 Å². The predicted octanol–water partition coefficient (Wildman–Crippen LogP) is 3.73. The second kappa shape index (κ2) is 6.33. The van der Waals surface area contributed by atoms with E-state index < -0.39 is 0 Å². The van der Waals surface area contributed by atoms with E-state index in [4.69, 9.17) is 9.47 Å². The quantitative estimate of drug-likeness (QED) is 0.570. The van der Waals surface area contributed by atoms with Gasteiger partial charge in [-0.05, 0) is 18.1 Å². The second-order valence-corrected chi connectivity index (χ2v) is 5.52. The van der Waals surface area contributed by atoms with Crippen LogP contribution in [0.25, 0.3) is 0 Å². The lowest BCUT2D eigenvalue weighted by atomic mass is 10.1. The molecular formula is C12H14BrIO2. The van der Waals surface area contributed by atoms with Crippen molar-refractivity contribution in [2.24, 2.45) is 0 Å². The Balaban J connectivity index is 2.06. The first-order valence-corrected chi connectivity index (χ1v) is 7.66. The Hall–Kier alpha value is 0.350. The van der Waals surface area contributed by atoms with E-state index in [1.54, 1.807) is 0 Å². The highest BCUT2D eigenvalue weighted by Crippen LogP contribution is 2.29. The molecule has 16 heavy (non-hydrogen) atoms. The number of hydrogen-bond donors (Lipinski definition) is 0. The van der Waals surface area contributed by atoms with Crippen molar-refractivity contribution in [3.8, 4) is 0 Å². The highest BCUT2D eigenvalue weighted by molar-refractivity contribution is 14.1. The first-order valence-electron chi connectivity index (χ1n) is 5.35. The van der Waals surface area contributed by atoms with Gasteiger partial charge in [-0.1, -0.05) is 56.7 Å². The number of benzene rings is 1. The first-order chi connectivity index (χ1) is 7.81. The maximum atomic E-state index is 6.06. The minimum Gasteiger partial charge on any atom is -0.379 e. The average Bonchev–Trinajstić information content (AvgIpc) is 2.80. The van der Waals surface area contributed by atoms with Gasteiger partial charge in [0.05, 0.1) is 18.8 Å². The van der Waals surface area contributed by atoms with E-state index in [0.29, 0.717) is 0 Å². The molecule has 0 saturated carbocycles. The van der Waals surface area contributed by atoms with Crippen LogP contribution in [0.4, 0.5) is 0 Å². The van der Waals surface area contributed by atoms with Gasteiger partial charge in [-0.25, -0.2) is 0 Å². The molecular weight excluding hydrogens is 383 g/mol. The van der Waals surface area contributed by atoms with Crippen LogP contribution >= 0.6 is 38.5 Å².